The zero-order chi connectivity index (χ0) is 19.7. The number of nitrogens with zero attached hydrogens (tertiary/aromatic N) is 2. The standard InChI is InChI=1S/C17H29N3O5Si/c1-11(22)18-14-7-8-20(16(23)19-14)15-9-12(13(10-21)24-15)25-26(5,6)17(2,3)4/h7-8,12-13,15,21H,9-10H2,1-6H3,(H,18,19,22,23)/t12-,13+,15+/m0/s1. The Balaban J connectivity index is 2.18. The lowest BCUT2D eigenvalue weighted by molar-refractivity contribution is -0.114. The topological polar surface area (TPSA) is 103 Å². The molecule has 0 radical (unpaired) electrons. The van der Waals surface area contributed by atoms with Gasteiger partial charge in [-0.25, -0.2) is 4.79 Å². The molecule has 0 bridgehead atoms. The van der Waals surface area contributed by atoms with Gasteiger partial charge in [0.2, 0.25) is 5.91 Å². The molecule has 0 aromatic carbocycles. The van der Waals surface area contributed by atoms with Crippen molar-refractivity contribution in [1.82, 2.24) is 9.55 Å². The fourth-order valence-electron chi connectivity index (χ4n) is 2.60. The highest BCUT2D eigenvalue weighted by molar-refractivity contribution is 6.74. The number of aliphatic hydroxyl groups is 1. The molecule has 1 amide bonds. The molecule has 1 saturated heterocycles. The van der Waals surface area contributed by atoms with Gasteiger partial charge in [-0.15, -0.1) is 0 Å². The third kappa shape index (κ3) is 4.59. The van der Waals surface area contributed by atoms with Crippen LogP contribution in [0.5, 0.6) is 0 Å². The normalized spacial score (nSPS) is 23.9. The second kappa shape index (κ2) is 7.59. The van der Waals surface area contributed by atoms with Crippen LogP contribution in [0.4, 0.5) is 5.82 Å². The summed E-state index contributed by atoms with van der Waals surface area (Å²) in [5.41, 5.74) is -0.522. The average Bonchev–Trinajstić information content (AvgIpc) is 2.87. The van der Waals surface area contributed by atoms with E-state index < -0.39 is 26.3 Å². The van der Waals surface area contributed by atoms with Gasteiger partial charge in [-0.2, -0.15) is 4.98 Å². The van der Waals surface area contributed by atoms with Crippen molar-refractivity contribution in [3.05, 3.63) is 22.7 Å². The summed E-state index contributed by atoms with van der Waals surface area (Å²) in [5.74, 6) is -0.0977. The highest BCUT2D eigenvalue weighted by Gasteiger charge is 2.45. The molecule has 1 aliphatic rings. The second-order valence-corrected chi connectivity index (χ2v) is 12.9. The first-order valence-corrected chi connectivity index (χ1v) is 11.7. The molecule has 146 valence electrons. The Morgan fingerprint density at radius 2 is 2.15 bits per heavy atom. The molecular formula is C17H29N3O5Si. The molecule has 0 unspecified atom stereocenters. The zero-order valence-corrected chi connectivity index (χ0v) is 17.3. The predicted molar refractivity (Wildman–Crippen MR) is 100 cm³/mol. The van der Waals surface area contributed by atoms with E-state index in [9.17, 15) is 14.7 Å². The molecule has 8 nitrogen and oxygen atoms in total. The SMILES string of the molecule is CC(=O)Nc1ccn([C@H]2C[C@H](O[Si](C)(C)C(C)(C)C)[C@@H](CO)O2)c(=O)n1. The van der Waals surface area contributed by atoms with E-state index in [-0.39, 0.29) is 29.5 Å². The van der Waals surface area contributed by atoms with Crippen molar-refractivity contribution in [2.75, 3.05) is 11.9 Å². The van der Waals surface area contributed by atoms with E-state index in [1.54, 1.807) is 6.07 Å². The summed E-state index contributed by atoms with van der Waals surface area (Å²) in [6.07, 6.45) is 0.657. The van der Waals surface area contributed by atoms with E-state index in [0.29, 0.717) is 6.42 Å². The van der Waals surface area contributed by atoms with Gasteiger partial charge in [-0.05, 0) is 24.2 Å². The van der Waals surface area contributed by atoms with Crippen LogP contribution in [0.2, 0.25) is 18.1 Å². The Hall–Kier alpha value is -1.55. The molecule has 2 N–H and O–H groups in total. The van der Waals surface area contributed by atoms with Gasteiger partial charge in [-0.3, -0.25) is 9.36 Å². The molecule has 3 atom stereocenters. The van der Waals surface area contributed by atoms with Gasteiger partial charge in [0.25, 0.3) is 0 Å². The Morgan fingerprint density at radius 3 is 2.65 bits per heavy atom. The maximum absolute atomic E-state index is 12.3. The number of carbonyl (C=O) groups is 1. The van der Waals surface area contributed by atoms with Gasteiger partial charge in [0.05, 0.1) is 12.7 Å². The number of rotatable bonds is 5. The van der Waals surface area contributed by atoms with Crippen LogP contribution in [-0.2, 0) is 14.0 Å². The van der Waals surface area contributed by atoms with Gasteiger partial charge in [-0.1, -0.05) is 20.8 Å². The Bertz CT molecular complexity index is 713. The fourth-order valence-corrected chi connectivity index (χ4v) is 3.95. The second-order valence-electron chi connectivity index (χ2n) is 8.15. The lowest BCUT2D eigenvalue weighted by Gasteiger charge is -2.39. The summed E-state index contributed by atoms with van der Waals surface area (Å²) in [4.78, 5) is 27.2. The molecule has 1 aromatic rings. The van der Waals surface area contributed by atoms with E-state index in [1.807, 2.05) is 0 Å². The summed E-state index contributed by atoms with van der Waals surface area (Å²) in [7, 11) is -2.04. The van der Waals surface area contributed by atoms with Crippen molar-refractivity contribution < 1.29 is 19.1 Å². The first-order valence-electron chi connectivity index (χ1n) is 8.75. The number of amides is 1. The number of aromatic nitrogens is 2. The summed E-state index contributed by atoms with van der Waals surface area (Å²) in [6.45, 7) is 11.9. The third-order valence-electron chi connectivity index (χ3n) is 5.06. The van der Waals surface area contributed by atoms with Gasteiger partial charge >= 0.3 is 5.69 Å². The monoisotopic (exact) mass is 383 g/mol. The highest BCUT2D eigenvalue weighted by atomic mass is 28.4. The molecule has 0 spiro atoms. The smallest absolute Gasteiger partial charge is 0.351 e. The number of hydrogen-bond acceptors (Lipinski definition) is 6. The van der Waals surface area contributed by atoms with Crippen molar-refractivity contribution in [2.45, 2.75) is 70.7 Å². The molecule has 2 heterocycles. The molecule has 26 heavy (non-hydrogen) atoms. The quantitative estimate of drug-likeness (QED) is 0.753. The lowest BCUT2D eigenvalue weighted by Crippen LogP contribution is -2.46. The molecule has 1 fully saturated rings. The third-order valence-corrected chi connectivity index (χ3v) is 9.56. The Kier molecular flexibility index (Phi) is 6.06. The predicted octanol–water partition coefficient (Wildman–Crippen LogP) is 1.87. The van der Waals surface area contributed by atoms with Crippen LogP contribution in [0.25, 0.3) is 0 Å². The molecule has 2 rings (SSSR count). The van der Waals surface area contributed by atoms with Crippen LogP contribution < -0.4 is 11.0 Å². The van der Waals surface area contributed by atoms with Gasteiger partial charge < -0.3 is 19.6 Å². The number of carbonyl (C=O) groups excluding carboxylic acids is 1. The van der Waals surface area contributed by atoms with Crippen molar-refractivity contribution in [2.24, 2.45) is 0 Å². The molecule has 0 aliphatic carbocycles. The molecule has 0 saturated carbocycles. The van der Waals surface area contributed by atoms with Gasteiger partial charge in [0.15, 0.2) is 8.32 Å². The summed E-state index contributed by atoms with van der Waals surface area (Å²) >= 11 is 0. The summed E-state index contributed by atoms with van der Waals surface area (Å²) in [6, 6.07) is 1.54. The van der Waals surface area contributed by atoms with E-state index in [2.05, 4.69) is 44.2 Å². The number of nitrogens with one attached hydrogen (secondary N) is 1. The van der Waals surface area contributed by atoms with Gasteiger partial charge in [0.1, 0.15) is 18.1 Å². The Labute approximate surface area is 154 Å². The van der Waals surface area contributed by atoms with Crippen molar-refractivity contribution in [3.8, 4) is 0 Å². The maximum Gasteiger partial charge on any atom is 0.351 e. The van der Waals surface area contributed by atoms with E-state index >= 15 is 0 Å². The fraction of sp³-hybridized carbons (Fsp3) is 0.706. The minimum absolute atomic E-state index is 0.0312. The Morgan fingerprint density at radius 1 is 1.50 bits per heavy atom. The maximum atomic E-state index is 12.3. The molecular weight excluding hydrogens is 354 g/mol. The minimum atomic E-state index is -2.04. The highest BCUT2D eigenvalue weighted by Crippen LogP contribution is 2.40. The van der Waals surface area contributed by atoms with E-state index in [4.69, 9.17) is 9.16 Å². The van der Waals surface area contributed by atoms with Crippen LogP contribution in [0.1, 0.15) is 40.3 Å². The summed E-state index contributed by atoms with van der Waals surface area (Å²) in [5, 5.41) is 12.2. The van der Waals surface area contributed by atoms with E-state index in [1.165, 1.54) is 17.7 Å². The molecule has 9 heteroatoms. The van der Waals surface area contributed by atoms with E-state index in [0.717, 1.165) is 0 Å². The van der Waals surface area contributed by atoms with Crippen molar-refractivity contribution >= 4 is 20.0 Å². The first kappa shape index (κ1) is 20.8. The zero-order valence-electron chi connectivity index (χ0n) is 16.3. The van der Waals surface area contributed by atoms with Crippen molar-refractivity contribution in [3.63, 3.8) is 0 Å². The van der Waals surface area contributed by atoms with Crippen LogP contribution in [0.15, 0.2) is 17.1 Å². The number of anilines is 1. The number of aliphatic hydroxyl groups excluding tert-OH is 1. The number of hydrogen-bond donors (Lipinski definition) is 2. The molecule has 1 aliphatic heterocycles. The summed E-state index contributed by atoms with van der Waals surface area (Å²) < 4.78 is 13.6. The van der Waals surface area contributed by atoms with Crippen LogP contribution in [-0.4, -0.2) is 47.7 Å². The molecule has 1 aromatic heterocycles. The van der Waals surface area contributed by atoms with Crippen molar-refractivity contribution in [1.29, 1.82) is 0 Å². The van der Waals surface area contributed by atoms with Crippen LogP contribution in [0.3, 0.4) is 0 Å². The van der Waals surface area contributed by atoms with Gasteiger partial charge in [0, 0.05) is 19.5 Å². The average molecular weight is 384 g/mol. The number of ether oxygens (including phenoxy) is 1. The minimum Gasteiger partial charge on any atom is -0.411 e. The van der Waals surface area contributed by atoms with Crippen LogP contribution >= 0.6 is 0 Å². The van der Waals surface area contributed by atoms with Crippen LogP contribution in [0, 0.1) is 0 Å². The largest absolute Gasteiger partial charge is 0.411 e. The first-order chi connectivity index (χ1) is 11.9. The lowest BCUT2D eigenvalue weighted by atomic mass is 10.2.